The number of hydrogen-bond donors (Lipinski definition) is 0. The summed E-state index contributed by atoms with van der Waals surface area (Å²) in [6.45, 7) is 0. The molecule has 5 aliphatic rings. The van der Waals surface area contributed by atoms with Gasteiger partial charge in [0.1, 0.15) is 0 Å². The number of benzene rings is 4. The number of carbonyl (C=O) groups excluding carboxylic acids is 8. The first kappa shape index (κ1) is 24.8. The van der Waals surface area contributed by atoms with Gasteiger partial charge in [0.25, 0.3) is 0 Å². The first-order valence-electron chi connectivity index (χ1n) is 14.1. The molecule has 8 heteroatoms. The molecule has 0 saturated heterocycles. The highest BCUT2D eigenvalue weighted by Gasteiger charge is 2.39. The van der Waals surface area contributed by atoms with Crippen LogP contribution in [0.2, 0.25) is 0 Å². The van der Waals surface area contributed by atoms with Crippen LogP contribution < -0.4 is 0 Å². The van der Waals surface area contributed by atoms with Crippen molar-refractivity contribution in [2.45, 2.75) is 25.7 Å². The summed E-state index contributed by atoms with van der Waals surface area (Å²) in [7, 11) is 0. The van der Waals surface area contributed by atoms with Crippen LogP contribution in [0.5, 0.6) is 0 Å². The summed E-state index contributed by atoms with van der Waals surface area (Å²) in [6.07, 6.45) is 0.572. The van der Waals surface area contributed by atoms with E-state index in [9.17, 15) is 38.4 Å². The maximum atomic E-state index is 13.6. The molecule has 0 unspecified atom stereocenters. The molecule has 208 valence electrons. The molecular formula is C36H16O8. The minimum Gasteiger partial charge on any atom is -0.285 e. The van der Waals surface area contributed by atoms with E-state index in [0.717, 1.165) is 0 Å². The van der Waals surface area contributed by atoms with Crippen molar-refractivity contribution < 1.29 is 38.4 Å². The van der Waals surface area contributed by atoms with Crippen LogP contribution in [-0.2, 0) is 25.7 Å². The summed E-state index contributed by atoms with van der Waals surface area (Å²) in [5, 5.41) is 0. The fourth-order valence-corrected chi connectivity index (χ4v) is 7.44. The van der Waals surface area contributed by atoms with Crippen molar-refractivity contribution in [1.29, 1.82) is 0 Å². The van der Waals surface area contributed by atoms with E-state index in [1.807, 2.05) is 0 Å². The van der Waals surface area contributed by atoms with Gasteiger partial charge in [-0.1, -0.05) is 24.3 Å². The van der Waals surface area contributed by atoms with E-state index in [1.165, 1.54) is 24.3 Å². The first-order valence-corrected chi connectivity index (χ1v) is 14.1. The fourth-order valence-electron chi connectivity index (χ4n) is 7.44. The smallest absolute Gasteiger partial charge is 0.233 e. The van der Waals surface area contributed by atoms with Gasteiger partial charge in [0.2, 0.25) is 46.3 Å². The van der Waals surface area contributed by atoms with Gasteiger partial charge in [-0.15, -0.1) is 0 Å². The van der Waals surface area contributed by atoms with Crippen LogP contribution in [0.25, 0.3) is 0 Å². The highest BCUT2D eigenvalue weighted by molar-refractivity contribution is 6.55. The van der Waals surface area contributed by atoms with Crippen LogP contribution in [0.1, 0.15) is 127 Å². The van der Waals surface area contributed by atoms with Gasteiger partial charge in [-0.2, -0.15) is 0 Å². The Labute approximate surface area is 247 Å². The monoisotopic (exact) mass is 576 g/mol. The molecule has 0 N–H and O–H groups in total. The van der Waals surface area contributed by atoms with Crippen molar-refractivity contribution in [1.82, 2.24) is 0 Å². The lowest BCUT2D eigenvalue weighted by Gasteiger charge is -2.15. The second-order valence-corrected chi connectivity index (χ2v) is 12.0. The second-order valence-electron chi connectivity index (χ2n) is 12.0. The molecule has 0 spiro atoms. The number of rotatable bonds is 0. The molecule has 8 nitrogen and oxygen atoms in total. The van der Waals surface area contributed by atoms with Crippen molar-refractivity contribution in [3.63, 3.8) is 0 Å². The molecule has 0 amide bonds. The lowest BCUT2D eigenvalue weighted by molar-refractivity contribution is 0.0808. The highest BCUT2D eigenvalue weighted by Crippen LogP contribution is 2.38. The van der Waals surface area contributed by atoms with Gasteiger partial charge in [-0.25, -0.2) is 0 Å². The van der Waals surface area contributed by atoms with Crippen LogP contribution in [0.4, 0.5) is 0 Å². The minimum absolute atomic E-state index is 0.00478. The van der Waals surface area contributed by atoms with Gasteiger partial charge in [-0.3, -0.25) is 38.4 Å². The predicted molar refractivity (Wildman–Crippen MR) is 152 cm³/mol. The Morgan fingerprint density at radius 2 is 0.364 bits per heavy atom. The molecule has 44 heavy (non-hydrogen) atoms. The van der Waals surface area contributed by atoms with E-state index in [2.05, 4.69) is 0 Å². The summed E-state index contributed by atoms with van der Waals surface area (Å²) in [5.41, 5.74) is 3.93. The van der Waals surface area contributed by atoms with E-state index in [0.29, 0.717) is 44.5 Å². The Morgan fingerprint density at radius 1 is 0.227 bits per heavy atom. The number of hydrogen-bond acceptors (Lipinski definition) is 8. The molecular weight excluding hydrogens is 560 g/mol. The second kappa shape index (κ2) is 7.99. The van der Waals surface area contributed by atoms with Gasteiger partial charge in [0, 0.05) is 44.5 Å². The molecule has 0 heterocycles. The molecule has 9 rings (SSSR count). The number of ketones is 8. The molecule has 5 aliphatic carbocycles. The van der Waals surface area contributed by atoms with Gasteiger partial charge >= 0.3 is 0 Å². The Morgan fingerprint density at radius 3 is 0.500 bits per heavy atom. The molecule has 0 radical (unpaired) electrons. The SMILES string of the molecule is O=C1C(=O)c2cc3c4cc2Cc2cc5c(cc21)C(=O)C(=O)c1cc2c(cc1C5)Cc1cc(c(cc1C(=O)C2=O)C(=O)C3=O)C4. The van der Waals surface area contributed by atoms with Crippen LogP contribution in [0.15, 0.2) is 48.5 Å². The summed E-state index contributed by atoms with van der Waals surface area (Å²) in [4.78, 5) is 109. The average molecular weight is 577 g/mol. The Balaban J connectivity index is 1.44. The standard InChI is InChI=1S/C36H16O8/c37-29-21-9-22-14-1-13(21)5-15-2-17-7-19-4-20-8-18-3-16(6-14)24(32(40)30(22)38)11-26(18)34(42)36(44)28(20)12-27(19)35(43)33(41)25(17)10-23(15)31(29)39/h1-4,9-12H,5-8H2. The van der Waals surface area contributed by atoms with Crippen molar-refractivity contribution in [2.75, 3.05) is 0 Å². The number of Topliss-reactive ketones (excluding diaryl/α,β-unsaturated/α-hetero) is 8. The quantitative estimate of drug-likeness (QED) is 0.254. The maximum Gasteiger partial charge on any atom is 0.233 e. The van der Waals surface area contributed by atoms with Crippen LogP contribution >= 0.6 is 0 Å². The van der Waals surface area contributed by atoms with Crippen molar-refractivity contribution in [3.8, 4) is 0 Å². The summed E-state index contributed by atoms with van der Waals surface area (Å²) in [5.74, 6) is -7.04. The normalized spacial score (nSPS) is 17.1. The van der Waals surface area contributed by atoms with E-state index >= 15 is 0 Å². The lowest BCUT2D eigenvalue weighted by atomic mass is 9.88. The topological polar surface area (TPSA) is 137 Å². The summed E-state index contributed by atoms with van der Waals surface area (Å²) in [6, 6.07) is 11.9. The Bertz CT molecular complexity index is 1850. The zero-order chi connectivity index (χ0) is 30.3. The first-order chi connectivity index (χ1) is 21.1. The zero-order valence-corrected chi connectivity index (χ0v) is 22.7. The molecule has 4 aromatic rings. The lowest BCUT2D eigenvalue weighted by Crippen LogP contribution is -2.21. The van der Waals surface area contributed by atoms with Gasteiger partial charge in [-0.05, 0) is 94.5 Å². The van der Waals surface area contributed by atoms with Crippen molar-refractivity contribution in [3.05, 3.63) is 138 Å². The van der Waals surface area contributed by atoms with Gasteiger partial charge in [0.15, 0.2) is 0 Å². The van der Waals surface area contributed by atoms with E-state index in [1.54, 1.807) is 24.3 Å². The van der Waals surface area contributed by atoms with Crippen molar-refractivity contribution in [2.24, 2.45) is 0 Å². The molecule has 0 fully saturated rings. The molecule has 4 aromatic carbocycles. The van der Waals surface area contributed by atoms with Gasteiger partial charge in [0.05, 0.1) is 0 Å². The van der Waals surface area contributed by atoms with Crippen molar-refractivity contribution >= 4 is 46.3 Å². The van der Waals surface area contributed by atoms with E-state index in [4.69, 9.17) is 0 Å². The third-order valence-electron chi connectivity index (χ3n) is 9.62. The van der Waals surface area contributed by atoms with E-state index in [-0.39, 0.29) is 70.2 Å². The van der Waals surface area contributed by atoms with Gasteiger partial charge < -0.3 is 0 Å². The molecule has 0 atom stereocenters. The summed E-state index contributed by atoms with van der Waals surface area (Å²) < 4.78 is 0. The Hall–Kier alpha value is -5.76. The maximum absolute atomic E-state index is 13.6. The highest BCUT2D eigenvalue weighted by atomic mass is 16.2. The molecule has 0 saturated carbocycles. The molecule has 0 aromatic heterocycles. The molecule has 8 bridgehead atoms. The largest absolute Gasteiger partial charge is 0.285 e. The average Bonchev–Trinajstić information content (AvgIpc) is 3.27. The van der Waals surface area contributed by atoms with E-state index < -0.39 is 46.3 Å². The fraction of sp³-hybridized carbons (Fsp3) is 0.111. The van der Waals surface area contributed by atoms with Crippen LogP contribution in [0.3, 0.4) is 0 Å². The third-order valence-corrected chi connectivity index (χ3v) is 9.62. The van der Waals surface area contributed by atoms with Crippen LogP contribution in [-0.4, -0.2) is 46.3 Å². The van der Waals surface area contributed by atoms with Crippen LogP contribution in [0, 0.1) is 0 Å². The minimum atomic E-state index is -0.880. The third kappa shape index (κ3) is 3.01. The summed E-state index contributed by atoms with van der Waals surface area (Å²) >= 11 is 0. The number of carbonyl (C=O) groups is 8. The zero-order valence-electron chi connectivity index (χ0n) is 22.7. The molecule has 0 aliphatic heterocycles. The Kier molecular flexibility index (Phi) is 4.50. The predicted octanol–water partition coefficient (Wildman–Crippen LogP) is 3.88.